The van der Waals surface area contributed by atoms with Gasteiger partial charge in [-0.25, -0.2) is 0 Å². The zero-order valence-electron chi connectivity index (χ0n) is 16.6. The molecule has 0 N–H and O–H groups in total. The van der Waals surface area contributed by atoms with Crippen molar-refractivity contribution in [3.63, 3.8) is 0 Å². The number of rotatable bonds is 8. The fourth-order valence-electron chi connectivity index (χ4n) is 4.06. The first kappa shape index (κ1) is 19.6. The maximum absolute atomic E-state index is 5.50. The van der Waals surface area contributed by atoms with Crippen LogP contribution in [0, 0.1) is 5.92 Å². The zero-order chi connectivity index (χ0) is 18.9. The van der Waals surface area contributed by atoms with Crippen LogP contribution in [0.1, 0.15) is 56.1 Å². The standard InChI is InChI=1S/C26H32O/c1-3-5-6-21-7-11-23(12-8-21)25-15-17-26(18-16-25)24-13-9-22(10-14-24)20-27-19-4-2/h3-5,9-10,13-18,21,23H,2,6-8,11-12,19-20H2,1H3/b5-3+/t21-,23-. The van der Waals surface area contributed by atoms with Gasteiger partial charge in [0.2, 0.25) is 0 Å². The summed E-state index contributed by atoms with van der Waals surface area (Å²) in [5.74, 6) is 1.64. The van der Waals surface area contributed by atoms with Gasteiger partial charge in [-0.3, -0.25) is 0 Å². The molecule has 1 saturated carbocycles. The normalized spacial score (nSPS) is 20.0. The molecule has 0 amide bonds. The van der Waals surface area contributed by atoms with E-state index in [0.29, 0.717) is 13.2 Å². The molecular formula is C26H32O. The molecule has 0 saturated heterocycles. The Kier molecular flexibility index (Phi) is 7.47. The van der Waals surface area contributed by atoms with Crippen LogP contribution < -0.4 is 0 Å². The van der Waals surface area contributed by atoms with Crippen LogP contribution in [0.5, 0.6) is 0 Å². The molecule has 0 aliphatic heterocycles. The van der Waals surface area contributed by atoms with E-state index >= 15 is 0 Å². The van der Waals surface area contributed by atoms with Crippen LogP contribution in [0.15, 0.2) is 73.3 Å². The summed E-state index contributed by atoms with van der Waals surface area (Å²) in [6, 6.07) is 17.9. The Balaban J connectivity index is 1.56. The van der Waals surface area contributed by atoms with Crippen LogP contribution >= 0.6 is 0 Å². The summed E-state index contributed by atoms with van der Waals surface area (Å²) in [7, 11) is 0. The molecule has 0 heterocycles. The van der Waals surface area contributed by atoms with Crippen LogP contribution in [-0.4, -0.2) is 6.61 Å². The third kappa shape index (κ3) is 5.68. The number of allylic oxidation sites excluding steroid dienone is 2. The Hall–Kier alpha value is -2.12. The maximum atomic E-state index is 5.50. The minimum absolute atomic E-state index is 0.598. The van der Waals surface area contributed by atoms with Crippen molar-refractivity contribution in [3.05, 3.63) is 84.5 Å². The van der Waals surface area contributed by atoms with Gasteiger partial charge in [0, 0.05) is 0 Å². The molecule has 1 fully saturated rings. The third-order valence-electron chi connectivity index (χ3n) is 5.73. The van der Waals surface area contributed by atoms with Gasteiger partial charge < -0.3 is 4.74 Å². The first-order chi connectivity index (χ1) is 13.3. The van der Waals surface area contributed by atoms with E-state index in [1.807, 2.05) is 0 Å². The molecule has 1 aliphatic rings. The van der Waals surface area contributed by atoms with Gasteiger partial charge in [-0.15, -0.1) is 6.58 Å². The lowest BCUT2D eigenvalue weighted by molar-refractivity contribution is 0.149. The lowest BCUT2D eigenvalue weighted by atomic mass is 9.77. The van der Waals surface area contributed by atoms with Crippen molar-refractivity contribution in [2.75, 3.05) is 6.61 Å². The average Bonchev–Trinajstić information content (AvgIpc) is 2.73. The molecule has 0 radical (unpaired) electrons. The summed E-state index contributed by atoms with van der Waals surface area (Å²) in [6.45, 7) is 7.04. The van der Waals surface area contributed by atoms with Gasteiger partial charge in [-0.05, 0) is 73.1 Å². The average molecular weight is 361 g/mol. The van der Waals surface area contributed by atoms with E-state index in [1.54, 1.807) is 6.08 Å². The van der Waals surface area contributed by atoms with Gasteiger partial charge in [-0.1, -0.05) is 66.8 Å². The summed E-state index contributed by atoms with van der Waals surface area (Å²) in [4.78, 5) is 0. The van der Waals surface area contributed by atoms with E-state index < -0.39 is 0 Å². The highest BCUT2D eigenvalue weighted by atomic mass is 16.5. The molecule has 1 heteroatoms. The predicted molar refractivity (Wildman–Crippen MR) is 116 cm³/mol. The van der Waals surface area contributed by atoms with Crippen LogP contribution in [0.25, 0.3) is 11.1 Å². The minimum Gasteiger partial charge on any atom is -0.373 e. The molecule has 3 rings (SSSR count). The Morgan fingerprint density at radius 3 is 2.15 bits per heavy atom. The smallest absolute Gasteiger partial charge is 0.0721 e. The summed E-state index contributed by atoms with van der Waals surface area (Å²) >= 11 is 0. The van der Waals surface area contributed by atoms with Crippen molar-refractivity contribution >= 4 is 0 Å². The van der Waals surface area contributed by atoms with Crippen LogP contribution in [-0.2, 0) is 11.3 Å². The SMILES string of the molecule is C=CCOCc1ccc(-c2ccc([C@H]3CC[C@H](C/C=C/C)CC3)cc2)cc1. The molecule has 1 nitrogen and oxygen atoms in total. The van der Waals surface area contributed by atoms with E-state index in [-0.39, 0.29) is 0 Å². The van der Waals surface area contributed by atoms with E-state index in [1.165, 1.54) is 54.4 Å². The van der Waals surface area contributed by atoms with Crippen molar-refractivity contribution in [1.29, 1.82) is 0 Å². The predicted octanol–water partition coefficient (Wildman–Crippen LogP) is 7.30. The van der Waals surface area contributed by atoms with Gasteiger partial charge >= 0.3 is 0 Å². The van der Waals surface area contributed by atoms with Gasteiger partial charge in [0.05, 0.1) is 13.2 Å². The third-order valence-corrected chi connectivity index (χ3v) is 5.73. The Bertz CT molecular complexity index is 716. The fraction of sp³-hybridized carbons (Fsp3) is 0.385. The molecule has 0 atom stereocenters. The molecule has 1 aliphatic carbocycles. The van der Waals surface area contributed by atoms with Crippen molar-refractivity contribution in [3.8, 4) is 11.1 Å². The first-order valence-corrected chi connectivity index (χ1v) is 10.3. The zero-order valence-corrected chi connectivity index (χ0v) is 16.6. The van der Waals surface area contributed by atoms with Gasteiger partial charge in [0.1, 0.15) is 0 Å². The molecule has 0 aromatic heterocycles. The summed E-state index contributed by atoms with van der Waals surface area (Å²) < 4.78 is 5.50. The van der Waals surface area contributed by atoms with Crippen LogP contribution in [0.3, 0.4) is 0 Å². The molecule has 142 valence electrons. The molecule has 0 unspecified atom stereocenters. The van der Waals surface area contributed by atoms with E-state index in [2.05, 4.69) is 74.2 Å². The summed E-state index contributed by atoms with van der Waals surface area (Å²) in [5, 5.41) is 0. The number of ether oxygens (including phenoxy) is 1. The van der Waals surface area contributed by atoms with Gasteiger partial charge in [0.25, 0.3) is 0 Å². The summed E-state index contributed by atoms with van der Waals surface area (Å²) in [5.41, 5.74) is 5.27. The minimum atomic E-state index is 0.598. The highest BCUT2D eigenvalue weighted by molar-refractivity contribution is 5.64. The molecule has 2 aromatic carbocycles. The van der Waals surface area contributed by atoms with Gasteiger partial charge in [0.15, 0.2) is 0 Å². The first-order valence-electron chi connectivity index (χ1n) is 10.3. The molecular weight excluding hydrogens is 328 g/mol. The number of hydrogen-bond donors (Lipinski definition) is 0. The fourth-order valence-corrected chi connectivity index (χ4v) is 4.06. The molecule has 27 heavy (non-hydrogen) atoms. The van der Waals surface area contributed by atoms with E-state index in [9.17, 15) is 0 Å². The molecule has 0 bridgehead atoms. The second kappa shape index (κ2) is 10.3. The Morgan fingerprint density at radius 1 is 0.926 bits per heavy atom. The second-order valence-electron chi connectivity index (χ2n) is 7.65. The molecule has 0 spiro atoms. The summed E-state index contributed by atoms with van der Waals surface area (Å²) in [6.07, 6.45) is 13.0. The quantitative estimate of drug-likeness (QED) is 0.354. The highest BCUT2D eigenvalue weighted by Gasteiger charge is 2.21. The second-order valence-corrected chi connectivity index (χ2v) is 7.65. The van der Waals surface area contributed by atoms with E-state index in [4.69, 9.17) is 4.74 Å². The Morgan fingerprint density at radius 2 is 1.56 bits per heavy atom. The van der Waals surface area contributed by atoms with Crippen molar-refractivity contribution in [2.24, 2.45) is 5.92 Å². The van der Waals surface area contributed by atoms with E-state index in [0.717, 1.165) is 11.8 Å². The Labute approximate surface area is 164 Å². The van der Waals surface area contributed by atoms with Crippen LogP contribution in [0.4, 0.5) is 0 Å². The van der Waals surface area contributed by atoms with Crippen LogP contribution in [0.2, 0.25) is 0 Å². The topological polar surface area (TPSA) is 9.23 Å². The molecule has 2 aromatic rings. The van der Waals surface area contributed by atoms with Crippen molar-refractivity contribution in [2.45, 2.75) is 51.6 Å². The monoisotopic (exact) mass is 360 g/mol. The highest BCUT2D eigenvalue weighted by Crippen LogP contribution is 2.37. The van der Waals surface area contributed by atoms with Crippen molar-refractivity contribution in [1.82, 2.24) is 0 Å². The largest absolute Gasteiger partial charge is 0.373 e. The lowest BCUT2D eigenvalue weighted by Crippen LogP contribution is -2.12. The number of benzene rings is 2. The maximum Gasteiger partial charge on any atom is 0.0721 e. The van der Waals surface area contributed by atoms with Crippen molar-refractivity contribution < 1.29 is 4.74 Å². The number of hydrogen-bond acceptors (Lipinski definition) is 1. The van der Waals surface area contributed by atoms with Gasteiger partial charge in [-0.2, -0.15) is 0 Å². The lowest BCUT2D eigenvalue weighted by Gasteiger charge is -2.28.